The summed E-state index contributed by atoms with van der Waals surface area (Å²) in [6, 6.07) is 22.7. The molecule has 2 heterocycles. The molecule has 0 unspecified atom stereocenters. The van der Waals surface area contributed by atoms with Gasteiger partial charge >= 0.3 is 0 Å². The lowest BCUT2D eigenvalue weighted by Gasteiger charge is -2.13. The number of ketones is 1. The number of carbonyl (C=O) groups is 1. The van der Waals surface area contributed by atoms with Crippen molar-refractivity contribution in [3.8, 4) is 16.8 Å². The van der Waals surface area contributed by atoms with Crippen molar-refractivity contribution in [3.63, 3.8) is 0 Å². The van der Waals surface area contributed by atoms with Gasteiger partial charge in [0.25, 0.3) is 5.56 Å². The molecule has 0 aliphatic rings. The van der Waals surface area contributed by atoms with Crippen LogP contribution in [0.4, 0.5) is 4.39 Å². The molecule has 5 rings (SSSR count). The van der Waals surface area contributed by atoms with Gasteiger partial charge in [0.15, 0.2) is 10.9 Å². The third kappa shape index (κ3) is 4.18. The van der Waals surface area contributed by atoms with E-state index in [2.05, 4.69) is 4.98 Å². The van der Waals surface area contributed by atoms with Crippen LogP contribution in [-0.2, 0) is 0 Å². The number of aryl methyl sites for hydroxylation is 1. The Labute approximate surface area is 199 Å². The molecule has 0 aliphatic carbocycles. The van der Waals surface area contributed by atoms with Crippen LogP contribution in [0.15, 0.2) is 95.0 Å². The van der Waals surface area contributed by atoms with Crippen LogP contribution in [0.2, 0.25) is 0 Å². The number of rotatable bonds is 6. The Hall–Kier alpha value is -3.97. The maximum absolute atomic E-state index is 13.6. The van der Waals surface area contributed by atoms with Crippen molar-refractivity contribution in [3.05, 3.63) is 112 Å². The zero-order valence-corrected chi connectivity index (χ0v) is 19.1. The van der Waals surface area contributed by atoms with Gasteiger partial charge in [0.05, 0.1) is 11.4 Å². The van der Waals surface area contributed by atoms with Gasteiger partial charge in [0.1, 0.15) is 16.9 Å². The number of Topliss-reactive ketones (excluding diaryl/α,β-unsaturated/α-hetero) is 1. The maximum atomic E-state index is 13.6. The number of nitrogens with zero attached hydrogens (tertiary/aromatic N) is 2. The third-order valence-corrected chi connectivity index (χ3v) is 6.48. The maximum Gasteiger partial charge on any atom is 0.283 e. The normalized spacial score (nSPS) is 11.1. The molecule has 0 atom stereocenters. The first-order valence-corrected chi connectivity index (χ1v) is 11.7. The van der Waals surface area contributed by atoms with Crippen LogP contribution < -0.4 is 5.56 Å². The molecule has 0 radical (unpaired) electrons. The smallest absolute Gasteiger partial charge is 0.283 e. The first-order chi connectivity index (χ1) is 16.5. The number of thioether (sulfide) groups is 1. The Balaban J connectivity index is 1.61. The minimum atomic E-state index is -0.398. The van der Waals surface area contributed by atoms with Crippen molar-refractivity contribution in [2.75, 3.05) is 5.75 Å². The summed E-state index contributed by atoms with van der Waals surface area (Å²) < 4.78 is 14.8. The minimum Gasteiger partial charge on any atom is -0.355 e. The van der Waals surface area contributed by atoms with E-state index in [0.29, 0.717) is 27.4 Å². The standard InChI is InChI=1S/C27H20FN3O2S/c1-17-7-13-21(14-8-17)31-26(33)25-24(22(15-29-25)18-5-3-2-4-6-18)30-27(31)34-16-23(32)19-9-11-20(28)12-10-19/h2-15,29H,16H2,1H3. The van der Waals surface area contributed by atoms with Crippen molar-refractivity contribution in [1.29, 1.82) is 0 Å². The van der Waals surface area contributed by atoms with Crippen LogP contribution in [0.3, 0.4) is 0 Å². The van der Waals surface area contributed by atoms with E-state index in [0.717, 1.165) is 16.7 Å². The van der Waals surface area contributed by atoms with Crippen LogP contribution >= 0.6 is 11.8 Å². The Kier molecular flexibility index (Phi) is 5.86. The number of nitrogens with one attached hydrogen (secondary N) is 1. The van der Waals surface area contributed by atoms with E-state index in [1.165, 1.54) is 40.6 Å². The van der Waals surface area contributed by atoms with Crippen LogP contribution in [-0.4, -0.2) is 26.1 Å². The zero-order chi connectivity index (χ0) is 23.7. The molecule has 0 spiro atoms. The number of fused-ring (bicyclic) bond motifs is 1. The fraction of sp³-hybridized carbons (Fsp3) is 0.0741. The number of halogens is 1. The lowest BCUT2D eigenvalue weighted by molar-refractivity contribution is 0.102. The molecule has 2 aromatic heterocycles. The van der Waals surface area contributed by atoms with Gasteiger partial charge in [-0.05, 0) is 48.9 Å². The number of H-pyrrole nitrogens is 1. The zero-order valence-electron chi connectivity index (χ0n) is 18.3. The minimum absolute atomic E-state index is 0.0561. The third-order valence-electron chi connectivity index (χ3n) is 5.54. The van der Waals surface area contributed by atoms with E-state index in [-0.39, 0.29) is 17.1 Å². The summed E-state index contributed by atoms with van der Waals surface area (Å²) in [4.78, 5) is 34.3. The molecule has 5 nitrogen and oxygen atoms in total. The van der Waals surface area contributed by atoms with Crippen LogP contribution in [0.1, 0.15) is 15.9 Å². The fourth-order valence-electron chi connectivity index (χ4n) is 3.74. The van der Waals surface area contributed by atoms with Crippen molar-refractivity contribution < 1.29 is 9.18 Å². The predicted molar refractivity (Wildman–Crippen MR) is 133 cm³/mol. The highest BCUT2D eigenvalue weighted by Gasteiger charge is 2.19. The highest BCUT2D eigenvalue weighted by molar-refractivity contribution is 7.99. The van der Waals surface area contributed by atoms with Gasteiger partial charge in [-0.15, -0.1) is 0 Å². The van der Waals surface area contributed by atoms with E-state index in [1.54, 1.807) is 6.20 Å². The van der Waals surface area contributed by atoms with Gasteiger partial charge in [0, 0.05) is 17.3 Å². The van der Waals surface area contributed by atoms with Crippen molar-refractivity contribution in [1.82, 2.24) is 14.5 Å². The quantitative estimate of drug-likeness (QED) is 0.194. The molecule has 0 saturated carbocycles. The summed E-state index contributed by atoms with van der Waals surface area (Å²) in [5.41, 5.74) is 4.60. The summed E-state index contributed by atoms with van der Waals surface area (Å²) >= 11 is 1.18. The monoisotopic (exact) mass is 469 g/mol. The molecule has 34 heavy (non-hydrogen) atoms. The summed E-state index contributed by atoms with van der Waals surface area (Å²) in [5.74, 6) is -0.516. The molecule has 168 valence electrons. The average molecular weight is 470 g/mol. The molecule has 3 aromatic carbocycles. The van der Waals surface area contributed by atoms with Gasteiger partial charge in [-0.25, -0.2) is 9.37 Å². The van der Waals surface area contributed by atoms with Gasteiger partial charge < -0.3 is 4.98 Å². The molecule has 0 fully saturated rings. The van der Waals surface area contributed by atoms with Crippen LogP contribution in [0.25, 0.3) is 27.8 Å². The van der Waals surface area contributed by atoms with Gasteiger partial charge in [0.2, 0.25) is 0 Å². The number of hydrogen-bond donors (Lipinski definition) is 1. The number of aromatic nitrogens is 3. The van der Waals surface area contributed by atoms with E-state index < -0.39 is 5.82 Å². The number of benzene rings is 3. The molecule has 0 aliphatic heterocycles. The second-order valence-corrected chi connectivity index (χ2v) is 8.82. The second-order valence-electron chi connectivity index (χ2n) is 7.88. The molecule has 0 amide bonds. The van der Waals surface area contributed by atoms with E-state index in [9.17, 15) is 14.0 Å². The second kappa shape index (κ2) is 9.11. The molecule has 1 N–H and O–H groups in total. The Morgan fingerprint density at radius 2 is 1.71 bits per heavy atom. The summed E-state index contributed by atoms with van der Waals surface area (Å²) in [6.07, 6.45) is 1.78. The van der Waals surface area contributed by atoms with Gasteiger partial charge in [-0.1, -0.05) is 59.8 Å². The molecular formula is C27H20FN3O2S. The summed E-state index contributed by atoms with van der Waals surface area (Å²) in [7, 11) is 0. The van der Waals surface area contributed by atoms with E-state index in [4.69, 9.17) is 4.98 Å². The molecular weight excluding hydrogens is 449 g/mol. The predicted octanol–water partition coefficient (Wildman–Crippen LogP) is 5.80. The Morgan fingerprint density at radius 3 is 2.41 bits per heavy atom. The number of hydrogen-bond acceptors (Lipinski definition) is 4. The molecule has 7 heteroatoms. The largest absolute Gasteiger partial charge is 0.355 e. The highest BCUT2D eigenvalue weighted by Crippen LogP contribution is 2.29. The fourth-order valence-corrected chi connectivity index (χ4v) is 4.64. The lowest BCUT2D eigenvalue weighted by Crippen LogP contribution is -2.22. The Bertz CT molecular complexity index is 1540. The summed E-state index contributed by atoms with van der Waals surface area (Å²) in [6.45, 7) is 1.97. The molecule has 5 aromatic rings. The van der Waals surface area contributed by atoms with E-state index >= 15 is 0 Å². The molecule has 0 bridgehead atoms. The average Bonchev–Trinajstić information content (AvgIpc) is 3.29. The highest BCUT2D eigenvalue weighted by atomic mass is 32.2. The topological polar surface area (TPSA) is 67.8 Å². The number of carbonyl (C=O) groups excluding carboxylic acids is 1. The van der Waals surface area contributed by atoms with Gasteiger partial charge in [-0.2, -0.15) is 0 Å². The van der Waals surface area contributed by atoms with Crippen LogP contribution in [0.5, 0.6) is 0 Å². The first-order valence-electron chi connectivity index (χ1n) is 10.7. The van der Waals surface area contributed by atoms with E-state index in [1.807, 2.05) is 61.5 Å². The lowest BCUT2D eigenvalue weighted by atomic mass is 10.1. The van der Waals surface area contributed by atoms with Crippen LogP contribution in [0, 0.1) is 12.7 Å². The van der Waals surface area contributed by atoms with Crippen molar-refractivity contribution in [2.24, 2.45) is 0 Å². The summed E-state index contributed by atoms with van der Waals surface area (Å²) in [5, 5.41) is 0.411. The van der Waals surface area contributed by atoms with Gasteiger partial charge in [-0.3, -0.25) is 14.2 Å². The van der Waals surface area contributed by atoms with Crippen molar-refractivity contribution >= 4 is 28.6 Å². The SMILES string of the molecule is Cc1ccc(-n2c(SCC(=O)c3ccc(F)cc3)nc3c(-c4ccccc4)c[nH]c3c2=O)cc1. The first kappa shape index (κ1) is 21.9. The Morgan fingerprint density at radius 1 is 1.00 bits per heavy atom. The van der Waals surface area contributed by atoms with Crippen molar-refractivity contribution in [2.45, 2.75) is 12.1 Å². The number of aromatic amines is 1. The molecule has 0 saturated heterocycles.